The maximum Gasteiger partial charge on any atom is 0.0991 e. The fraction of sp³-hybridized carbons (Fsp3) is 0.562. The minimum Gasteiger partial charge on any atom is -0.395 e. The first-order valence-corrected chi connectivity index (χ1v) is 7.35. The molecule has 2 N–H and O–H groups in total. The lowest BCUT2D eigenvalue weighted by Gasteiger charge is -2.31. The van der Waals surface area contributed by atoms with Crippen molar-refractivity contribution in [1.82, 2.24) is 10.2 Å². The van der Waals surface area contributed by atoms with Crippen LogP contribution in [-0.2, 0) is 6.54 Å². The van der Waals surface area contributed by atoms with Gasteiger partial charge < -0.3 is 15.3 Å². The zero-order valence-corrected chi connectivity index (χ0v) is 11.9. The average Bonchev–Trinajstić information content (AvgIpc) is 2.50. The van der Waals surface area contributed by atoms with E-state index < -0.39 is 0 Å². The number of nitrogens with zero attached hydrogens (tertiary/aromatic N) is 2. The number of β-amino-alcohol motifs (C(OH)–C–C–N with tert-alkyl or cyclic N) is 1. The molecule has 0 atom stereocenters. The van der Waals surface area contributed by atoms with Gasteiger partial charge in [-0.25, -0.2) is 0 Å². The Morgan fingerprint density at radius 1 is 1.35 bits per heavy atom. The number of aliphatic hydroxyl groups excluding tert-OH is 1. The van der Waals surface area contributed by atoms with Crippen molar-refractivity contribution in [3.05, 3.63) is 35.4 Å². The van der Waals surface area contributed by atoms with Gasteiger partial charge in [-0.05, 0) is 56.1 Å². The summed E-state index contributed by atoms with van der Waals surface area (Å²) in [6.07, 6.45) is 2.40. The second kappa shape index (κ2) is 8.01. The SMILES string of the molecule is N#Cc1cccc(CNCC2CCN(CCO)CC2)c1. The zero-order valence-electron chi connectivity index (χ0n) is 11.9. The fourth-order valence-corrected chi connectivity index (χ4v) is 2.73. The number of likely N-dealkylation sites (tertiary alicyclic amines) is 1. The minimum atomic E-state index is 0.262. The first-order chi connectivity index (χ1) is 9.81. The highest BCUT2D eigenvalue weighted by atomic mass is 16.3. The molecule has 0 unspecified atom stereocenters. The summed E-state index contributed by atoms with van der Waals surface area (Å²) in [5.74, 6) is 0.726. The van der Waals surface area contributed by atoms with Crippen molar-refractivity contribution in [3.8, 4) is 6.07 Å². The highest BCUT2D eigenvalue weighted by molar-refractivity contribution is 5.32. The van der Waals surface area contributed by atoms with Crippen LogP contribution in [0.25, 0.3) is 0 Å². The monoisotopic (exact) mass is 273 g/mol. The maximum absolute atomic E-state index is 8.92. The summed E-state index contributed by atoms with van der Waals surface area (Å²) in [5.41, 5.74) is 1.89. The van der Waals surface area contributed by atoms with Crippen molar-refractivity contribution < 1.29 is 5.11 Å². The number of rotatable bonds is 6. The molecule has 108 valence electrons. The molecule has 0 bridgehead atoms. The van der Waals surface area contributed by atoms with Crippen LogP contribution in [0.3, 0.4) is 0 Å². The van der Waals surface area contributed by atoms with Crippen LogP contribution in [-0.4, -0.2) is 42.8 Å². The lowest BCUT2D eigenvalue weighted by atomic mass is 9.96. The van der Waals surface area contributed by atoms with Crippen LogP contribution in [0.2, 0.25) is 0 Å². The first kappa shape index (κ1) is 15.0. The van der Waals surface area contributed by atoms with E-state index in [4.69, 9.17) is 10.4 Å². The topological polar surface area (TPSA) is 59.3 Å². The van der Waals surface area contributed by atoms with Gasteiger partial charge in [0.25, 0.3) is 0 Å². The van der Waals surface area contributed by atoms with E-state index in [9.17, 15) is 0 Å². The molecule has 1 heterocycles. The molecule has 1 aliphatic rings. The average molecular weight is 273 g/mol. The van der Waals surface area contributed by atoms with Gasteiger partial charge >= 0.3 is 0 Å². The minimum absolute atomic E-state index is 0.262. The number of benzene rings is 1. The highest BCUT2D eigenvalue weighted by Gasteiger charge is 2.18. The molecule has 0 aliphatic carbocycles. The smallest absolute Gasteiger partial charge is 0.0991 e. The predicted molar refractivity (Wildman–Crippen MR) is 79.1 cm³/mol. The first-order valence-electron chi connectivity index (χ1n) is 7.35. The van der Waals surface area contributed by atoms with Crippen molar-refractivity contribution in [2.75, 3.05) is 32.8 Å². The van der Waals surface area contributed by atoms with Crippen molar-refractivity contribution in [3.63, 3.8) is 0 Å². The zero-order chi connectivity index (χ0) is 14.2. The van der Waals surface area contributed by atoms with E-state index in [-0.39, 0.29) is 6.61 Å². The molecular formula is C16H23N3O. The normalized spacial score (nSPS) is 17.0. The van der Waals surface area contributed by atoms with Gasteiger partial charge in [0, 0.05) is 13.1 Å². The summed E-state index contributed by atoms with van der Waals surface area (Å²) in [4.78, 5) is 2.33. The van der Waals surface area contributed by atoms with Gasteiger partial charge in [0.05, 0.1) is 18.2 Å². The Bertz CT molecular complexity index is 447. The Morgan fingerprint density at radius 3 is 2.85 bits per heavy atom. The van der Waals surface area contributed by atoms with Crippen LogP contribution < -0.4 is 5.32 Å². The van der Waals surface area contributed by atoms with Crippen molar-refractivity contribution in [1.29, 1.82) is 5.26 Å². The molecule has 0 saturated carbocycles. The van der Waals surface area contributed by atoms with Gasteiger partial charge in [-0.1, -0.05) is 12.1 Å². The van der Waals surface area contributed by atoms with E-state index in [1.807, 2.05) is 18.2 Å². The summed E-state index contributed by atoms with van der Waals surface area (Å²) in [6.45, 7) is 5.11. The molecule has 1 aromatic carbocycles. The molecule has 20 heavy (non-hydrogen) atoms. The van der Waals surface area contributed by atoms with Gasteiger partial charge in [0.2, 0.25) is 0 Å². The molecule has 0 amide bonds. The van der Waals surface area contributed by atoms with Crippen LogP contribution in [0.4, 0.5) is 0 Å². The van der Waals surface area contributed by atoms with Crippen LogP contribution in [0.5, 0.6) is 0 Å². The quantitative estimate of drug-likeness (QED) is 0.821. The molecule has 1 fully saturated rings. The fourth-order valence-electron chi connectivity index (χ4n) is 2.73. The number of hydrogen-bond acceptors (Lipinski definition) is 4. The summed E-state index contributed by atoms with van der Waals surface area (Å²) in [7, 11) is 0. The maximum atomic E-state index is 8.92. The largest absolute Gasteiger partial charge is 0.395 e. The van der Waals surface area contributed by atoms with E-state index >= 15 is 0 Å². The van der Waals surface area contributed by atoms with E-state index in [2.05, 4.69) is 22.4 Å². The number of piperidine rings is 1. The van der Waals surface area contributed by atoms with Crippen molar-refractivity contribution in [2.24, 2.45) is 5.92 Å². The third kappa shape index (κ3) is 4.61. The molecule has 1 aliphatic heterocycles. The van der Waals surface area contributed by atoms with E-state index in [1.165, 1.54) is 18.4 Å². The van der Waals surface area contributed by atoms with Crippen LogP contribution in [0.15, 0.2) is 24.3 Å². The predicted octanol–water partition coefficient (Wildman–Crippen LogP) is 1.35. The van der Waals surface area contributed by atoms with Gasteiger partial charge in [-0.2, -0.15) is 5.26 Å². The molecule has 0 aromatic heterocycles. The molecule has 2 rings (SSSR count). The Labute approximate surface area is 121 Å². The Kier molecular flexibility index (Phi) is 6.00. The number of aliphatic hydroxyl groups is 1. The molecular weight excluding hydrogens is 250 g/mol. The van der Waals surface area contributed by atoms with Gasteiger partial charge in [0.15, 0.2) is 0 Å². The van der Waals surface area contributed by atoms with Crippen molar-refractivity contribution in [2.45, 2.75) is 19.4 Å². The molecule has 4 nitrogen and oxygen atoms in total. The third-order valence-corrected chi connectivity index (χ3v) is 3.94. The molecule has 1 saturated heterocycles. The summed E-state index contributed by atoms with van der Waals surface area (Å²) >= 11 is 0. The Hall–Kier alpha value is -1.41. The second-order valence-corrected chi connectivity index (χ2v) is 5.45. The lowest BCUT2D eigenvalue weighted by molar-refractivity contribution is 0.146. The molecule has 1 aromatic rings. The second-order valence-electron chi connectivity index (χ2n) is 5.45. The number of nitrogens with one attached hydrogen (secondary N) is 1. The Balaban J connectivity index is 1.68. The summed E-state index contributed by atoms with van der Waals surface area (Å²) < 4.78 is 0. The number of hydrogen-bond donors (Lipinski definition) is 2. The third-order valence-electron chi connectivity index (χ3n) is 3.94. The summed E-state index contributed by atoms with van der Waals surface area (Å²) in [5, 5.41) is 21.3. The summed E-state index contributed by atoms with van der Waals surface area (Å²) in [6, 6.07) is 9.93. The highest BCUT2D eigenvalue weighted by Crippen LogP contribution is 2.16. The van der Waals surface area contributed by atoms with E-state index in [1.54, 1.807) is 0 Å². The van der Waals surface area contributed by atoms with Crippen LogP contribution in [0, 0.1) is 17.2 Å². The molecule has 4 heteroatoms. The molecule has 0 spiro atoms. The number of nitriles is 1. The van der Waals surface area contributed by atoms with E-state index in [0.29, 0.717) is 0 Å². The van der Waals surface area contributed by atoms with Crippen molar-refractivity contribution >= 4 is 0 Å². The van der Waals surface area contributed by atoms with E-state index in [0.717, 1.165) is 44.2 Å². The van der Waals surface area contributed by atoms with Gasteiger partial charge in [-0.3, -0.25) is 0 Å². The van der Waals surface area contributed by atoms with Gasteiger partial charge in [0.1, 0.15) is 0 Å². The standard InChI is InChI=1S/C16H23N3O/c17-11-15-2-1-3-16(10-15)13-18-12-14-4-6-19(7-5-14)8-9-20/h1-3,10,14,18,20H,4-9,12-13H2. The van der Waals surface area contributed by atoms with Crippen LogP contribution in [0.1, 0.15) is 24.0 Å². The lowest BCUT2D eigenvalue weighted by Crippen LogP contribution is -2.38. The van der Waals surface area contributed by atoms with Crippen LogP contribution >= 0.6 is 0 Å². The van der Waals surface area contributed by atoms with Gasteiger partial charge in [-0.15, -0.1) is 0 Å². The Morgan fingerprint density at radius 2 is 2.15 bits per heavy atom. The molecule has 0 radical (unpaired) electrons.